The first-order valence-corrected chi connectivity index (χ1v) is 22.3. The maximum atomic E-state index is 12.7. The van der Waals surface area contributed by atoms with Gasteiger partial charge < -0.3 is 34.3 Å². The van der Waals surface area contributed by atoms with E-state index in [0.717, 1.165) is 64.2 Å². The van der Waals surface area contributed by atoms with Crippen LogP contribution < -0.4 is 0 Å². The first-order chi connectivity index (χ1) is 26.5. The molecule has 0 aromatic heterocycles. The van der Waals surface area contributed by atoms with E-state index in [2.05, 4.69) is 38.2 Å². The Morgan fingerprint density at radius 3 is 1.76 bits per heavy atom. The Balaban J connectivity index is 2.52. The number of carbonyl (C=O) groups excluding carboxylic acids is 2. The third-order valence-corrected chi connectivity index (χ3v) is 9.95. The number of hydrogen-bond donors (Lipinski definition) is 4. The Labute approximate surface area is 331 Å². The van der Waals surface area contributed by atoms with Gasteiger partial charge in [-0.1, -0.05) is 127 Å². The lowest BCUT2D eigenvalue weighted by Crippen LogP contribution is -2.60. The molecule has 0 aromatic rings. The van der Waals surface area contributed by atoms with Gasteiger partial charge in [-0.25, -0.2) is 0 Å². The monoisotopic (exact) mass is 800 g/mol. The number of esters is 2. The topological polar surface area (TPSA) is 186 Å². The molecule has 0 spiro atoms. The van der Waals surface area contributed by atoms with Crippen LogP contribution in [0.5, 0.6) is 0 Å². The molecule has 1 saturated heterocycles. The molecule has 0 radical (unpaired) electrons. The van der Waals surface area contributed by atoms with Crippen LogP contribution in [0.15, 0.2) is 48.6 Å². The van der Waals surface area contributed by atoms with Gasteiger partial charge in [-0.3, -0.25) is 14.1 Å². The summed E-state index contributed by atoms with van der Waals surface area (Å²) in [5.74, 6) is -2.04. The van der Waals surface area contributed by atoms with E-state index in [4.69, 9.17) is 18.9 Å². The second kappa shape index (κ2) is 32.7. The van der Waals surface area contributed by atoms with Crippen molar-refractivity contribution in [3.63, 3.8) is 0 Å². The number of aliphatic hydroxyl groups is 3. The standard InChI is InChI=1S/C42H72O12S/c1-3-5-7-9-11-13-15-17-19-20-22-24-26-28-30-37(43)51-32-35(33-52-42-41(47)40(46)39(45)36(54-42)34-55(48,49)50)53-38(44)31-29-27-25-23-21-18-16-14-12-10-8-6-4-2/h6,8,10,12,14,16,19-20,35-36,39-42,45-47H,3-5,7,9,11,13,15,17-18,21-34H2,1-2H3,(H,48,49,50)/b8-6+,12-10+,16-14+,20-19+/t35?,36-,39-,40?,41?,42+/m1/s1. The van der Waals surface area contributed by atoms with E-state index >= 15 is 0 Å². The van der Waals surface area contributed by atoms with E-state index in [1.54, 1.807) is 0 Å². The molecule has 0 bridgehead atoms. The Bertz CT molecular complexity index is 1210. The number of allylic oxidation sites excluding steroid dienone is 8. The number of hydrogen-bond acceptors (Lipinski definition) is 11. The van der Waals surface area contributed by atoms with Crippen molar-refractivity contribution in [2.45, 2.75) is 185 Å². The van der Waals surface area contributed by atoms with Crippen LogP contribution in [0.2, 0.25) is 0 Å². The smallest absolute Gasteiger partial charge is 0.306 e. The van der Waals surface area contributed by atoms with Gasteiger partial charge in [0.05, 0.1) is 6.61 Å². The van der Waals surface area contributed by atoms with Crippen LogP contribution in [-0.4, -0.2) is 96.0 Å². The fraction of sp³-hybridized carbons (Fsp3) is 0.762. The van der Waals surface area contributed by atoms with Crippen molar-refractivity contribution >= 4 is 22.1 Å². The van der Waals surface area contributed by atoms with Crippen LogP contribution in [0.4, 0.5) is 0 Å². The van der Waals surface area contributed by atoms with Crippen molar-refractivity contribution in [2.24, 2.45) is 0 Å². The Morgan fingerprint density at radius 1 is 0.636 bits per heavy atom. The van der Waals surface area contributed by atoms with Crippen LogP contribution in [0.1, 0.15) is 149 Å². The maximum Gasteiger partial charge on any atom is 0.306 e. The highest BCUT2D eigenvalue weighted by atomic mass is 32.2. The van der Waals surface area contributed by atoms with Gasteiger partial charge in [0.25, 0.3) is 10.1 Å². The summed E-state index contributed by atoms with van der Waals surface area (Å²) >= 11 is 0. The number of aliphatic hydroxyl groups excluding tert-OH is 3. The van der Waals surface area contributed by atoms with Gasteiger partial charge in [0.1, 0.15) is 36.8 Å². The fourth-order valence-corrected chi connectivity index (χ4v) is 6.65. The summed E-state index contributed by atoms with van der Waals surface area (Å²) in [4.78, 5) is 25.3. The average molecular weight is 801 g/mol. The molecule has 6 atom stereocenters. The molecule has 1 heterocycles. The molecule has 1 rings (SSSR count). The number of carbonyl (C=O) groups is 2. The van der Waals surface area contributed by atoms with Gasteiger partial charge in [-0.2, -0.15) is 8.42 Å². The predicted molar refractivity (Wildman–Crippen MR) is 215 cm³/mol. The quantitative estimate of drug-likeness (QED) is 0.0168. The molecule has 1 fully saturated rings. The third kappa shape index (κ3) is 27.8. The lowest BCUT2D eigenvalue weighted by Gasteiger charge is -2.40. The molecule has 13 heteroatoms. The number of unbranched alkanes of at least 4 members (excludes halogenated alkanes) is 15. The van der Waals surface area contributed by atoms with E-state index in [1.807, 2.05) is 24.3 Å². The molecule has 1 aliphatic heterocycles. The largest absolute Gasteiger partial charge is 0.462 e. The van der Waals surface area contributed by atoms with E-state index in [0.29, 0.717) is 12.8 Å². The summed E-state index contributed by atoms with van der Waals surface area (Å²) in [6.07, 6.45) is 27.4. The molecule has 4 N–H and O–H groups in total. The normalized spacial score (nSPS) is 21.3. The second-order valence-electron chi connectivity index (χ2n) is 14.3. The molecule has 12 nitrogen and oxygen atoms in total. The molecule has 0 aromatic carbocycles. The third-order valence-electron chi connectivity index (χ3n) is 9.20. The van der Waals surface area contributed by atoms with Crippen LogP contribution in [0.3, 0.4) is 0 Å². The van der Waals surface area contributed by atoms with Crippen LogP contribution in [0.25, 0.3) is 0 Å². The SMILES string of the molecule is CC/C=C/C=C/C=C/CCCCCCCC(=O)OC(COC(=O)CCCCC/C=C/CCCCCCCCC)CO[C@H]1O[C@H](CS(=O)(=O)O)[C@@H](O)C(O)C1O. The summed E-state index contributed by atoms with van der Waals surface area (Å²) < 4.78 is 53.9. The lowest BCUT2D eigenvalue weighted by atomic mass is 10.00. The minimum Gasteiger partial charge on any atom is -0.462 e. The second-order valence-corrected chi connectivity index (χ2v) is 15.8. The van der Waals surface area contributed by atoms with Crippen molar-refractivity contribution in [2.75, 3.05) is 19.0 Å². The Morgan fingerprint density at radius 2 is 1.16 bits per heavy atom. The molecule has 3 unspecified atom stereocenters. The van der Waals surface area contributed by atoms with Crippen molar-refractivity contribution in [1.29, 1.82) is 0 Å². The van der Waals surface area contributed by atoms with Crippen molar-refractivity contribution in [1.82, 2.24) is 0 Å². The highest BCUT2D eigenvalue weighted by molar-refractivity contribution is 7.85. The number of rotatable bonds is 33. The van der Waals surface area contributed by atoms with E-state index < -0.39 is 71.2 Å². The van der Waals surface area contributed by atoms with Crippen LogP contribution in [-0.2, 0) is 38.7 Å². The highest BCUT2D eigenvalue weighted by Crippen LogP contribution is 2.24. The van der Waals surface area contributed by atoms with Gasteiger partial charge in [-0.15, -0.1) is 0 Å². The zero-order chi connectivity index (χ0) is 40.6. The summed E-state index contributed by atoms with van der Waals surface area (Å²) in [6.45, 7) is 3.57. The fourth-order valence-electron chi connectivity index (χ4n) is 5.96. The molecule has 0 amide bonds. The van der Waals surface area contributed by atoms with Crippen molar-refractivity contribution < 1.29 is 56.8 Å². The lowest BCUT2D eigenvalue weighted by molar-refractivity contribution is -0.297. The molecule has 0 aliphatic carbocycles. The van der Waals surface area contributed by atoms with Gasteiger partial charge in [-0.05, 0) is 57.8 Å². The molecule has 318 valence electrons. The first-order valence-electron chi connectivity index (χ1n) is 20.7. The minimum absolute atomic E-state index is 0.137. The Hall–Kier alpha value is -2.39. The molecule has 55 heavy (non-hydrogen) atoms. The van der Waals surface area contributed by atoms with Gasteiger partial charge in [0.15, 0.2) is 12.4 Å². The molecule has 0 saturated carbocycles. The van der Waals surface area contributed by atoms with Crippen molar-refractivity contribution in [3.05, 3.63) is 48.6 Å². The van der Waals surface area contributed by atoms with Gasteiger partial charge >= 0.3 is 11.9 Å². The van der Waals surface area contributed by atoms with Crippen LogP contribution in [0, 0.1) is 0 Å². The summed E-state index contributed by atoms with van der Waals surface area (Å²) in [5, 5.41) is 30.8. The summed E-state index contributed by atoms with van der Waals surface area (Å²) in [6, 6.07) is 0. The van der Waals surface area contributed by atoms with Crippen molar-refractivity contribution in [3.8, 4) is 0 Å². The van der Waals surface area contributed by atoms with E-state index in [-0.39, 0.29) is 19.4 Å². The van der Waals surface area contributed by atoms with E-state index in [1.165, 1.54) is 44.9 Å². The number of ether oxygens (including phenoxy) is 4. The Kier molecular flexibility index (Phi) is 30.1. The molecule has 1 aliphatic rings. The maximum absolute atomic E-state index is 12.7. The highest BCUT2D eigenvalue weighted by Gasteiger charge is 2.46. The summed E-state index contributed by atoms with van der Waals surface area (Å²) in [5.41, 5.74) is 0. The zero-order valence-corrected chi connectivity index (χ0v) is 34.3. The molecular weight excluding hydrogens is 729 g/mol. The van der Waals surface area contributed by atoms with Gasteiger partial charge in [0.2, 0.25) is 0 Å². The zero-order valence-electron chi connectivity index (χ0n) is 33.5. The van der Waals surface area contributed by atoms with E-state index in [9.17, 15) is 37.9 Å². The minimum atomic E-state index is -4.60. The van der Waals surface area contributed by atoms with Crippen LogP contribution >= 0.6 is 0 Å². The average Bonchev–Trinajstić information content (AvgIpc) is 3.14. The first kappa shape index (κ1) is 50.6. The van der Waals surface area contributed by atoms with Gasteiger partial charge in [0, 0.05) is 12.8 Å². The molecular formula is C42H72O12S. The summed E-state index contributed by atoms with van der Waals surface area (Å²) in [7, 11) is -4.60. The predicted octanol–water partition coefficient (Wildman–Crippen LogP) is 7.61.